The van der Waals surface area contributed by atoms with Crippen molar-refractivity contribution in [1.82, 2.24) is 19.9 Å². The molecule has 1 fully saturated rings. The number of piperazine rings is 1. The number of halogens is 3. The molecular weight excluding hydrogens is 447 g/mol. The third-order valence-electron chi connectivity index (χ3n) is 5.24. The van der Waals surface area contributed by atoms with E-state index in [0.717, 1.165) is 6.07 Å². The molecule has 0 bridgehead atoms. The topological polar surface area (TPSA) is 71.5 Å². The van der Waals surface area contributed by atoms with Crippen molar-refractivity contribution in [3.8, 4) is 17.7 Å². The Morgan fingerprint density at radius 2 is 1.79 bits per heavy atom. The van der Waals surface area contributed by atoms with Crippen LogP contribution in [0.25, 0.3) is 0 Å². The Hall–Kier alpha value is -4.13. The van der Waals surface area contributed by atoms with E-state index in [1.54, 1.807) is 35.4 Å². The Morgan fingerprint density at radius 3 is 2.47 bits per heavy atom. The molecule has 4 rings (SSSR count). The number of alkyl halides is 3. The van der Waals surface area contributed by atoms with Crippen LogP contribution in [0, 0.1) is 11.8 Å². The zero-order chi connectivity index (χ0) is 24.1. The predicted octanol–water partition coefficient (Wildman–Crippen LogP) is 3.26. The normalized spacial score (nSPS) is 13.8. The van der Waals surface area contributed by atoms with E-state index in [9.17, 15) is 18.0 Å². The van der Waals surface area contributed by atoms with Gasteiger partial charge in [-0.3, -0.25) is 4.79 Å². The maximum absolute atomic E-state index is 13.5. The first-order valence-electron chi connectivity index (χ1n) is 10.4. The highest BCUT2D eigenvalue weighted by atomic mass is 19.4. The van der Waals surface area contributed by atoms with Crippen LogP contribution in [-0.2, 0) is 6.18 Å². The first-order chi connectivity index (χ1) is 16.3. The fraction of sp³-hybridized carbons (Fsp3) is 0.250. The van der Waals surface area contributed by atoms with Crippen molar-refractivity contribution in [2.45, 2.75) is 6.18 Å². The molecule has 1 amide bonds. The first-order valence-corrected chi connectivity index (χ1v) is 10.4. The first kappa shape index (κ1) is 23.0. The zero-order valence-electron chi connectivity index (χ0n) is 18.2. The summed E-state index contributed by atoms with van der Waals surface area (Å²) in [4.78, 5) is 29.1. The van der Waals surface area contributed by atoms with Gasteiger partial charge in [0.25, 0.3) is 5.91 Å². The van der Waals surface area contributed by atoms with Crippen molar-refractivity contribution in [1.29, 1.82) is 0 Å². The molecule has 7 nitrogen and oxygen atoms in total. The Morgan fingerprint density at radius 1 is 1.00 bits per heavy atom. The van der Waals surface area contributed by atoms with Gasteiger partial charge in [0.05, 0.1) is 12.7 Å². The molecule has 0 radical (unpaired) electrons. The zero-order valence-corrected chi connectivity index (χ0v) is 18.2. The quantitative estimate of drug-likeness (QED) is 0.551. The van der Waals surface area contributed by atoms with E-state index in [0.29, 0.717) is 43.7 Å². The second-order valence-electron chi connectivity index (χ2n) is 7.40. The molecule has 1 aliphatic rings. The fourth-order valence-electron chi connectivity index (χ4n) is 3.49. The lowest BCUT2D eigenvalue weighted by Gasteiger charge is -2.34. The molecule has 1 aromatic carbocycles. The highest BCUT2D eigenvalue weighted by Crippen LogP contribution is 2.32. The standard InChI is InChI=1S/C24H20F3N5O2/c1-34-21-9-11-29-23(30-21)32-14-12-31(13-15-32)22(33)18-6-8-20(24(25,26)27)17(16-18)5-7-19-4-2-3-10-28-19/h2-4,6,8-11,16H,12-15H2,1H3. The van der Waals surface area contributed by atoms with Crippen molar-refractivity contribution in [2.75, 3.05) is 38.2 Å². The number of methoxy groups -OCH3 is 1. The smallest absolute Gasteiger partial charge is 0.417 e. The number of ether oxygens (including phenoxy) is 1. The molecule has 1 saturated heterocycles. The predicted molar refractivity (Wildman–Crippen MR) is 118 cm³/mol. The van der Waals surface area contributed by atoms with Crippen LogP contribution in [0.2, 0.25) is 0 Å². The number of rotatable bonds is 3. The van der Waals surface area contributed by atoms with Gasteiger partial charge in [0, 0.05) is 55.8 Å². The Labute approximate surface area is 194 Å². The SMILES string of the molecule is COc1ccnc(N2CCN(C(=O)c3ccc(C(F)(F)F)c(C#Cc4ccccn4)c3)CC2)n1. The number of hydrogen-bond acceptors (Lipinski definition) is 6. The number of benzene rings is 1. The lowest BCUT2D eigenvalue weighted by molar-refractivity contribution is -0.137. The molecular formula is C24H20F3N5O2. The molecule has 0 saturated carbocycles. The summed E-state index contributed by atoms with van der Waals surface area (Å²) in [5.41, 5.74) is -0.687. The second kappa shape index (κ2) is 9.79. The second-order valence-corrected chi connectivity index (χ2v) is 7.40. The summed E-state index contributed by atoms with van der Waals surface area (Å²) in [6, 6.07) is 9.90. The Kier molecular flexibility index (Phi) is 6.63. The van der Waals surface area contributed by atoms with Gasteiger partial charge in [-0.25, -0.2) is 9.97 Å². The van der Waals surface area contributed by atoms with Gasteiger partial charge < -0.3 is 14.5 Å². The molecule has 1 aliphatic heterocycles. The highest BCUT2D eigenvalue weighted by molar-refractivity contribution is 5.95. The van der Waals surface area contributed by atoms with Crippen LogP contribution in [0.4, 0.5) is 19.1 Å². The summed E-state index contributed by atoms with van der Waals surface area (Å²) in [5.74, 6) is 5.74. The number of nitrogens with zero attached hydrogens (tertiary/aromatic N) is 5. The summed E-state index contributed by atoms with van der Waals surface area (Å²) in [6.45, 7) is 1.70. The molecule has 0 atom stereocenters. The van der Waals surface area contributed by atoms with Crippen LogP contribution in [0.1, 0.15) is 27.2 Å². The summed E-state index contributed by atoms with van der Waals surface area (Å²) in [7, 11) is 1.52. The number of amides is 1. The van der Waals surface area contributed by atoms with Crippen molar-refractivity contribution < 1.29 is 22.7 Å². The average molecular weight is 467 g/mol. The van der Waals surface area contributed by atoms with Crippen molar-refractivity contribution in [3.05, 3.63) is 77.2 Å². The monoisotopic (exact) mass is 467 g/mol. The van der Waals surface area contributed by atoms with Gasteiger partial charge in [-0.05, 0) is 36.3 Å². The summed E-state index contributed by atoms with van der Waals surface area (Å²) >= 11 is 0. The summed E-state index contributed by atoms with van der Waals surface area (Å²) in [6.07, 6.45) is -1.50. The maximum Gasteiger partial charge on any atom is 0.417 e. The molecule has 0 N–H and O–H groups in total. The maximum atomic E-state index is 13.5. The van der Waals surface area contributed by atoms with Gasteiger partial charge >= 0.3 is 6.18 Å². The van der Waals surface area contributed by atoms with E-state index in [4.69, 9.17) is 4.74 Å². The van der Waals surface area contributed by atoms with Crippen LogP contribution in [0.3, 0.4) is 0 Å². The van der Waals surface area contributed by atoms with Crippen LogP contribution in [-0.4, -0.2) is 59.0 Å². The summed E-state index contributed by atoms with van der Waals surface area (Å²) in [5, 5.41) is 0. The minimum Gasteiger partial charge on any atom is -0.481 e. The molecule has 10 heteroatoms. The molecule has 2 aromatic heterocycles. The molecule has 34 heavy (non-hydrogen) atoms. The van der Waals surface area contributed by atoms with Crippen LogP contribution < -0.4 is 9.64 Å². The van der Waals surface area contributed by atoms with Gasteiger partial charge in [0.2, 0.25) is 11.8 Å². The minimum atomic E-state index is -4.60. The van der Waals surface area contributed by atoms with E-state index in [2.05, 4.69) is 26.8 Å². The number of aromatic nitrogens is 3. The number of carbonyl (C=O) groups excluding carboxylic acids is 1. The highest BCUT2D eigenvalue weighted by Gasteiger charge is 2.34. The summed E-state index contributed by atoms with van der Waals surface area (Å²) < 4.78 is 45.7. The van der Waals surface area contributed by atoms with Crippen molar-refractivity contribution in [3.63, 3.8) is 0 Å². The van der Waals surface area contributed by atoms with Gasteiger partial charge in [0.1, 0.15) is 5.69 Å². The largest absolute Gasteiger partial charge is 0.481 e. The number of hydrogen-bond donors (Lipinski definition) is 0. The van der Waals surface area contributed by atoms with E-state index in [-0.39, 0.29) is 17.0 Å². The average Bonchev–Trinajstić information content (AvgIpc) is 2.87. The van der Waals surface area contributed by atoms with E-state index in [1.807, 2.05) is 4.90 Å². The Bertz CT molecular complexity index is 1230. The van der Waals surface area contributed by atoms with Gasteiger partial charge in [0.15, 0.2) is 0 Å². The van der Waals surface area contributed by atoms with Crippen LogP contribution in [0.15, 0.2) is 54.9 Å². The number of carbonyl (C=O) groups is 1. The lowest BCUT2D eigenvalue weighted by atomic mass is 10.0. The van der Waals surface area contributed by atoms with Crippen molar-refractivity contribution >= 4 is 11.9 Å². The minimum absolute atomic E-state index is 0.143. The Balaban J connectivity index is 1.53. The number of pyridine rings is 1. The van der Waals surface area contributed by atoms with E-state index < -0.39 is 11.7 Å². The third-order valence-corrected chi connectivity index (χ3v) is 5.24. The van der Waals surface area contributed by atoms with Gasteiger partial charge in [-0.2, -0.15) is 18.2 Å². The molecule has 0 aliphatic carbocycles. The molecule has 3 heterocycles. The third kappa shape index (κ3) is 5.26. The molecule has 0 unspecified atom stereocenters. The van der Waals surface area contributed by atoms with E-state index >= 15 is 0 Å². The fourth-order valence-corrected chi connectivity index (χ4v) is 3.49. The van der Waals surface area contributed by atoms with E-state index in [1.165, 1.54) is 25.4 Å². The molecule has 174 valence electrons. The van der Waals surface area contributed by atoms with Crippen LogP contribution in [0.5, 0.6) is 5.88 Å². The molecule has 3 aromatic rings. The van der Waals surface area contributed by atoms with Gasteiger partial charge in [-0.1, -0.05) is 12.0 Å². The van der Waals surface area contributed by atoms with Crippen molar-refractivity contribution in [2.24, 2.45) is 0 Å². The van der Waals surface area contributed by atoms with Gasteiger partial charge in [-0.15, -0.1) is 0 Å². The molecule has 0 spiro atoms. The number of anilines is 1. The lowest BCUT2D eigenvalue weighted by Crippen LogP contribution is -2.49. The van der Waals surface area contributed by atoms with Crippen LogP contribution >= 0.6 is 0 Å².